The first-order valence-corrected chi connectivity index (χ1v) is 9.03. The summed E-state index contributed by atoms with van der Waals surface area (Å²) in [7, 11) is 0. The second-order valence-electron chi connectivity index (χ2n) is 8.01. The summed E-state index contributed by atoms with van der Waals surface area (Å²) in [5.74, 6) is 1.45. The van der Waals surface area contributed by atoms with Crippen molar-refractivity contribution in [2.75, 3.05) is 11.9 Å². The van der Waals surface area contributed by atoms with Gasteiger partial charge >= 0.3 is 5.97 Å². The van der Waals surface area contributed by atoms with Crippen molar-refractivity contribution in [2.45, 2.75) is 38.5 Å². The van der Waals surface area contributed by atoms with Gasteiger partial charge in [-0.15, -0.1) is 0 Å². The lowest BCUT2D eigenvalue weighted by atomic mass is 9.49. The zero-order valence-corrected chi connectivity index (χ0v) is 14.2. The number of ether oxygens (including phenoxy) is 1. The molecule has 4 fully saturated rings. The lowest BCUT2D eigenvalue weighted by Gasteiger charge is -2.55. The van der Waals surface area contributed by atoms with Crippen molar-refractivity contribution in [1.29, 1.82) is 5.26 Å². The molecule has 0 aliphatic heterocycles. The van der Waals surface area contributed by atoms with Crippen LogP contribution in [0.2, 0.25) is 0 Å². The van der Waals surface area contributed by atoms with Crippen LogP contribution in [0.15, 0.2) is 24.3 Å². The topological polar surface area (TPSA) is 79.2 Å². The molecule has 1 N–H and O–H groups in total. The number of amides is 1. The Kier molecular flexibility index (Phi) is 3.99. The van der Waals surface area contributed by atoms with Crippen LogP contribution in [0.25, 0.3) is 0 Å². The number of anilines is 1. The number of hydrogen-bond acceptors (Lipinski definition) is 4. The molecule has 0 radical (unpaired) electrons. The first-order chi connectivity index (χ1) is 12.1. The molecule has 1 amide bonds. The second-order valence-corrected chi connectivity index (χ2v) is 8.01. The SMILES string of the molecule is N#Cc1cccc(NC(=O)COC(=O)C23CC4CC(CC(C4)C2)C3)c1. The molecule has 0 spiro atoms. The molecule has 1 aromatic carbocycles. The van der Waals surface area contributed by atoms with Crippen molar-refractivity contribution < 1.29 is 14.3 Å². The Labute approximate surface area is 147 Å². The summed E-state index contributed by atoms with van der Waals surface area (Å²) in [5.41, 5.74) is 0.675. The van der Waals surface area contributed by atoms with Gasteiger partial charge in [-0.1, -0.05) is 6.07 Å². The highest BCUT2D eigenvalue weighted by molar-refractivity contribution is 5.93. The molecule has 5 rings (SSSR count). The molecule has 130 valence electrons. The standard InChI is InChI=1S/C20H22N2O3/c21-11-13-2-1-3-17(7-13)22-18(23)12-25-19(24)20-8-14-4-15(9-20)6-16(5-14)10-20/h1-3,7,14-16H,4-6,8-10,12H2,(H,22,23). The average Bonchev–Trinajstić information content (AvgIpc) is 2.58. The van der Waals surface area contributed by atoms with E-state index in [1.807, 2.05) is 6.07 Å². The lowest BCUT2D eigenvalue weighted by molar-refractivity contribution is -0.172. The third-order valence-electron chi connectivity index (χ3n) is 6.08. The number of nitriles is 1. The van der Waals surface area contributed by atoms with E-state index in [-0.39, 0.29) is 23.9 Å². The molecule has 0 saturated heterocycles. The Balaban J connectivity index is 1.34. The summed E-state index contributed by atoms with van der Waals surface area (Å²) in [6.45, 7) is -0.267. The van der Waals surface area contributed by atoms with Gasteiger partial charge in [0.2, 0.25) is 0 Å². The maximum atomic E-state index is 12.7. The van der Waals surface area contributed by atoms with Gasteiger partial charge in [0.15, 0.2) is 6.61 Å². The summed E-state index contributed by atoms with van der Waals surface area (Å²) < 4.78 is 5.40. The van der Waals surface area contributed by atoms with Crippen molar-refractivity contribution in [1.82, 2.24) is 0 Å². The summed E-state index contributed by atoms with van der Waals surface area (Å²) in [6, 6.07) is 8.71. The fourth-order valence-corrected chi connectivity index (χ4v) is 5.51. The number of benzene rings is 1. The highest BCUT2D eigenvalue weighted by Crippen LogP contribution is 2.60. The van der Waals surface area contributed by atoms with Gasteiger partial charge in [-0.25, -0.2) is 0 Å². The van der Waals surface area contributed by atoms with E-state index in [1.54, 1.807) is 24.3 Å². The number of hydrogen-bond donors (Lipinski definition) is 1. The molecule has 4 aliphatic rings. The molecular formula is C20H22N2O3. The predicted molar refractivity (Wildman–Crippen MR) is 91.4 cm³/mol. The molecule has 0 aromatic heterocycles. The summed E-state index contributed by atoms with van der Waals surface area (Å²) in [4.78, 5) is 24.8. The third-order valence-corrected chi connectivity index (χ3v) is 6.08. The maximum Gasteiger partial charge on any atom is 0.312 e. The largest absolute Gasteiger partial charge is 0.455 e. The van der Waals surface area contributed by atoms with Gasteiger partial charge in [0.1, 0.15) is 0 Å². The summed E-state index contributed by atoms with van der Waals surface area (Å²) in [5, 5.41) is 11.6. The van der Waals surface area contributed by atoms with Crippen LogP contribution in [0.3, 0.4) is 0 Å². The molecule has 1 aromatic rings. The van der Waals surface area contributed by atoms with E-state index < -0.39 is 0 Å². The smallest absolute Gasteiger partial charge is 0.312 e. The molecule has 5 nitrogen and oxygen atoms in total. The number of rotatable bonds is 4. The number of carbonyl (C=O) groups excluding carboxylic acids is 2. The molecular weight excluding hydrogens is 316 g/mol. The highest BCUT2D eigenvalue weighted by Gasteiger charge is 2.55. The van der Waals surface area contributed by atoms with Gasteiger partial charge in [0.25, 0.3) is 5.91 Å². The average molecular weight is 338 g/mol. The summed E-state index contributed by atoms with van der Waals surface area (Å²) in [6.07, 6.45) is 6.60. The van der Waals surface area contributed by atoms with Crippen LogP contribution in [0.5, 0.6) is 0 Å². The van der Waals surface area contributed by atoms with E-state index in [0.29, 0.717) is 29.0 Å². The molecule has 4 aliphatic carbocycles. The van der Waals surface area contributed by atoms with Crippen LogP contribution >= 0.6 is 0 Å². The Morgan fingerprint density at radius 2 is 1.80 bits per heavy atom. The Bertz CT molecular complexity index is 714. The van der Waals surface area contributed by atoms with E-state index in [1.165, 1.54) is 19.3 Å². The molecule has 0 heterocycles. The number of esters is 1. The molecule has 4 saturated carbocycles. The third kappa shape index (κ3) is 3.13. The second kappa shape index (κ2) is 6.18. The monoisotopic (exact) mass is 338 g/mol. The van der Waals surface area contributed by atoms with Crippen LogP contribution in [0.4, 0.5) is 5.69 Å². The normalized spacial score (nSPS) is 32.0. The zero-order chi connectivity index (χ0) is 17.4. The van der Waals surface area contributed by atoms with Crippen LogP contribution in [-0.2, 0) is 14.3 Å². The van der Waals surface area contributed by atoms with Crippen molar-refractivity contribution in [3.63, 3.8) is 0 Å². The van der Waals surface area contributed by atoms with Gasteiger partial charge in [-0.3, -0.25) is 9.59 Å². The van der Waals surface area contributed by atoms with E-state index >= 15 is 0 Å². The first-order valence-electron chi connectivity index (χ1n) is 9.03. The zero-order valence-electron chi connectivity index (χ0n) is 14.2. The predicted octanol–water partition coefficient (Wildman–Crippen LogP) is 3.26. The number of carbonyl (C=O) groups is 2. The van der Waals surface area contributed by atoms with Crippen molar-refractivity contribution in [3.05, 3.63) is 29.8 Å². The van der Waals surface area contributed by atoms with Crippen LogP contribution < -0.4 is 5.32 Å². The number of nitrogens with one attached hydrogen (secondary N) is 1. The molecule has 5 heteroatoms. The minimum atomic E-state index is -0.367. The van der Waals surface area contributed by atoms with Crippen molar-refractivity contribution >= 4 is 17.6 Å². The molecule has 4 bridgehead atoms. The van der Waals surface area contributed by atoms with Gasteiger partial charge < -0.3 is 10.1 Å². The van der Waals surface area contributed by atoms with E-state index in [2.05, 4.69) is 5.32 Å². The minimum absolute atomic E-state index is 0.187. The molecule has 0 atom stereocenters. The van der Waals surface area contributed by atoms with E-state index in [0.717, 1.165) is 19.3 Å². The van der Waals surface area contributed by atoms with E-state index in [4.69, 9.17) is 10.00 Å². The van der Waals surface area contributed by atoms with E-state index in [9.17, 15) is 9.59 Å². The fraction of sp³-hybridized carbons (Fsp3) is 0.550. The maximum absolute atomic E-state index is 12.7. The minimum Gasteiger partial charge on any atom is -0.455 e. The highest BCUT2D eigenvalue weighted by atomic mass is 16.5. The first kappa shape index (κ1) is 16.1. The van der Waals surface area contributed by atoms with Gasteiger partial charge in [0.05, 0.1) is 17.0 Å². The lowest BCUT2D eigenvalue weighted by Crippen LogP contribution is -2.50. The van der Waals surface area contributed by atoms with Gasteiger partial charge in [-0.05, 0) is 74.5 Å². The van der Waals surface area contributed by atoms with Crippen molar-refractivity contribution in [2.24, 2.45) is 23.2 Å². The Morgan fingerprint density at radius 1 is 1.16 bits per heavy atom. The van der Waals surface area contributed by atoms with Crippen LogP contribution in [0, 0.1) is 34.5 Å². The molecule has 25 heavy (non-hydrogen) atoms. The van der Waals surface area contributed by atoms with Crippen molar-refractivity contribution in [3.8, 4) is 6.07 Å². The van der Waals surface area contributed by atoms with Crippen LogP contribution in [-0.4, -0.2) is 18.5 Å². The molecule has 0 unspecified atom stereocenters. The summed E-state index contributed by atoms with van der Waals surface area (Å²) >= 11 is 0. The van der Waals surface area contributed by atoms with Gasteiger partial charge in [-0.2, -0.15) is 5.26 Å². The fourth-order valence-electron chi connectivity index (χ4n) is 5.51. The van der Waals surface area contributed by atoms with Crippen LogP contribution in [0.1, 0.15) is 44.1 Å². The van der Waals surface area contributed by atoms with Gasteiger partial charge in [0, 0.05) is 5.69 Å². The Morgan fingerprint density at radius 3 is 2.40 bits per heavy atom. The number of nitrogens with zero attached hydrogens (tertiary/aromatic N) is 1. The Hall–Kier alpha value is -2.35. The quantitative estimate of drug-likeness (QED) is 0.855.